The molecule has 1 aliphatic heterocycles. The molecule has 1 aromatic rings. The van der Waals surface area contributed by atoms with Crippen LogP contribution in [0.5, 0.6) is 0 Å². The van der Waals surface area contributed by atoms with E-state index >= 15 is 0 Å². The fourth-order valence-electron chi connectivity index (χ4n) is 2.60. The summed E-state index contributed by atoms with van der Waals surface area (Å²) in [5.41, 5.74) is 0.809. The Kier molecular flexibility index (Phi) is 4.68. The molecule has 0 saturated carbocycles. The highest BCUT2D eigenvalue weighted by Crippen LogP contribution is 2.30. The van der Waals surface area contributed by atoms with E-state index in [1.54, 1.807) is 12.3 Å². The second kappa shape index (κ2) is 6.47. The van der Waals surface area contributed by atoms with Gasteiger partial charge in [-0.15, -0.1) is 0 Å². The van der Waals surface area contributed by atoms with Crippen molar-refractivity contribution in [2.45, 2.75) is 19.3 Å². The van der Waals surface area contributed by atoms with Crippen LogP contribution < -0.4 is 10.2 Å². The molecule has 0 aliphatic carbocycles. The first-order valence-electron chi connectivity index (χ1n) is 6.70. The third-order valence-electron chi connectivity index (χ3n) is 3.73. The Morgan fingerprint density at radius 3 is 2.89 bits per heavy atom. The molecule has 1 aliphatic rings. The van der Waals surface area contributed by atoms with E-state index in [0.29, 0.717) is 5.69 Å². The molecule has 1 saturated heterocycles. The Bertz CT molecular complexity index is 430. The second-order valence-electron chi connectivity index (χ2n) is 4.94. The summed E-state index contributed by atoms with van der Waals surface area (Å²) in [7, 11) is 1.97. The fourth-order valence-corrected chi connectivity index (χ4v) is 2.60. The molecule has 0 unspecified atom stereocenters. The molecule has 2 heterocycles. The van der Waals surface area contributed by atoms with Gasteiger partial charge in [0.25, 0.3) is 0 Å². The van der Waals surface area contributed by atoms with Crippen molar-refractivity contribution < 1.29 is 4.92 Å². The number of hydrogen-bond acceptors (Lipinski definition) is 5. The number of nitrogens with zero attached hydrogens (tertiary/aromatic N) is 3. The first-order chi connectivity index (χ1) is 9.22. The van der Waals surface area contributed by atoms with E-state index in [2.05, 4.69) is 15.2 Å². The fraction of sp³-hybridized carbons (Fsp3) is 0.615. The summed E-state index contributed by atoms with van der Waals surface area (Å²) in [5, 5.41) is 14.2. The lowest BCUT2D eigenvalue weighted by Crippen LogP contribution is -2.34. The highest BCUT2D eigenvalue weighted by atomic mass is 16.6. The lowest BCUT2D eigenvalue weighted by Gasteiger charge is -2.33. The molecule has 0 spiro atoms. The van der Waals surface area contributed by atoms with Crippen LogP contribution in [0.2, 0.25) is 0 Å². The van der Waals surface area contributed by atoms with Crippen LogP contribution >= 0.6 is 0 Å². The van der Waals surface area contributed by atoms with E-state index in [-0.39, 0.29) is 10.6 Å². The van der Waals surface area contributed by atoms with Gasteiger partial charge in [0.2, 0.25) is 0 Å². The molecule has 1 N–H and O–H groups in total. The number of rotatable bonds is 5. The van der Waals surface area contributed by atoms with Crippen LogP contribution in [0, 0.1) is 16.0 Å². The molecule has 104 valence electrons. The van der Waals surface area contributed by atoms with Gasteiger partial charge in [0.1, 0.15) is 11.9 Å². The molecule has 0 amide bonds. The molecule has 0 aromatic carbocycles. The summed E-state index contributed by atoms with van der Waals surface area (Å²) in [5.74, 6) is 0.726. The molecule has 19 heavy (non-hydrogen) atoms. The highest BCUT2D eigenvalue weighted by molar-refractivity contribution is 5.61. The van der Waals surface area contributed by atoms with Crippen molar-refractivity contribution in [1.29, 1.82) is 0 Å². The van der Waals surface area contributed by atoms with Gasteiger partial charge < -0.3 is 10.2 Å². The van der Waals surface area contributed by atoms with Gasteiger partial charge in [0.05, 0.1) is 4.92 Å². The van der Waals surface area contributed by atoms with Gasteiger partial charge in [-0.05, 0) is 44.8 Å². The van der Waals surface area contributed by atoms with Gasteiger partial charge in [-0.2, -0.15) is 0 Å². The first-order valence-corrected chi connectivity index (χ1v) is 6.70. The van der Waals surface area contributed by atoms with E-state index in [9.17, 15) is 10.1 Å². The first kappa shape index (κ1) is 13.7. The average Bonchev–Trinajstić information content (AvgIpc) is 2.45. The minimum atomic E-state index is -0.352. The third kappa shape index (κ3) is 3.41. The zero-order valence-corrected chi connectivity index (χ0v) is 11.2. The summed E-state index contributed by atoms with van der Waals surface area (Å²) < 4.78 is 0. The Balaban J connectivity index is 2.00. The van der Waals surface area contributed by atoms with E-state index in [0.717, 1.165) is 38.4 Å². The molecule has 6 heteroatoms. The molecule has 0 bridgehead atoms. The predicted octanol–water partition coefficient (Wildman–Crippen LogP) is 1.82. The number of pyridine rings is 1. The normalized spacial score (nSPS) is 16.6. The van der Waals surface area contributed by atoms with Gasteiger partial charge in [-0.1, -0.05) is 0 Å². The Morgan fingerprint density at radius 1 is 1.53 bits per heavy atom. The number of aromatic nitrogens is 1. The lowest BCUT2D eigenvalue weighted by atomic mass is 9.93. The SMILES string of the molecule is CNCCC1CCN(c2ccncc2[N+](=O)[O-])CC1. The predicted molar refractivity (Wildman–Crippen MR) is 74.4 cm³/mol. The van der Waals surface area contributed by atoms with Crippen LogP contribution in [0.4, 0.5) is 11.4 Å². The zero-order valence-electron chi connectivity index (χ0n) is 11.2. The number of hydrogen-bond donors (Lipinski definition) is 1. The van der Waals surface area contributed by atoms with Crippen molar-refractivity contribution in [2.24, 2.45) is 5.92 Å². The monoisotopic (exact) mass is 264 g/mol. The van der Waals surface area contributed by atoms with Crippen molar-refractivity contribution in [3.63, 3.8) is 0 Å². The smallest absolute Gasteiger partial charge is 0.310 e. The molecule has 0 atom stereocenters. The summed E-state index contributed by atoms with van der Waals surface area (Å²) >= 11 is 0. The molecule has 1 fully saturated rings. The molecule has 1 aromatic heterocycles. The molecule has 6 nitrogen and oxygen atoms in total. The van der Waals surface area contributed by atoms with Crippen LogP contribution in [0.15, 0.2) is 18.5 Å². The molecular weight excluding hydrogens is 244 g/mol. The molecule has 0 radical (unpaired) electrons. The second-order valence-corrected chi connectivity index (χ2v) is 4.94. The van der Waals surface area contributed by atoms with Crippen molar-refractivity contribution in [3.8, 4) is 0 Å². The quantitative estimate of drug-likeness (QED) is 0.648. The van der Waals surface area contributed by atoms with Crippen molar-refractivity contribution in [2.75, 3.05) is 31.6 Å². The Morgan fingerprint density at radius 2 is 2.26 bits per heavy atom. The summed E-state index contributed by atoms with van der Waals surface area (Å²) in [6, 6.07) is 1.74. The number of piperidine rings is 1. The molecule has 2 rings (SSSR count). The minimum absolute atomic E-state index is 0.108. The summed E-state index contributed by atoms with van der Waals surface area (Å²) in [6.45, 7) is 2.82. The lowest BCUT2D eigenvalue weighted by molar-refractivity contribution is -0.384. The van der Waals surface area contributed by atoms with Crippen LogP contribution in [-0.2, 0) is 0 Å². The van der Waals surface area contributed by atoms with Crippen molar-refractivity contribution in [3.05, 3.63) is 28.6 Å². The van der Waals surface area contributed by atoms with Crippen molar-refractivity contribution >= 4 is 11.4 Å². The van der Waals surface area contributed by atoms with Crippen molar-refractivity contribution in [1.82, 2.24) is 10.3 Å². The minimum Gasteiger partial charge on any atom is -0.366 e. The maximum absolute atomic E-state index is 11.0. The van der Waals surface area contributed by atoms with Gasteiger partial charge in [0, 0.05) is 19.3 Å². The maximum Gasteiger partial charge on any atom is 0.310 e. The largest absolute Gasteiger partial charge is 0.366 e. The Labute approximate surface area is 113 Å². The van der Waals surface area contributed by atoms with Gasteiger partial charge in [-0.3, -0.25) is 15.1 Å². The van der Waals surface area contributed by atoms with E-state index in [1.165, 1.54) is 12.6 Å². The number of nitro groups is 1. The maximum atomic E-state index is 11.0. The van der Waals surface area contributed by atoms with Gasteiger partial charge in [0.15, 0.2) is 0 Å². The topological polar surface area (TPSA) is 71.3 Å². The van der Waals surface area contributed by atoms with E-state index in [1.807, 2.05) is 7.05 Å². The van der Waals surface area contributed by atoms with E-state index in [4.69, 9.17) is 0 Å². The standard InChI is InChI=1S/C13H20N4O2/c1-14-6-2-11-4-8-16(9-5-11)12-3-7-15-10-13(12)17(18)19/h3,7,10-11,14H,2,4-6,8-9H2,1H3. The van der Waals surface area contributed by atoms with E-state index < -0.39 is 0 Å². The van der Waals surface area contributed by atoms with Gasteiger partial charge in [-0.25, -0.2) is 0 Å². The highest BCUT2D eigenvalue weighted by Gasteiger charge is 2.24. The zero-order chi connectivity index (χ0) is 13.7. The van der Waals surface area contributed by atoms with Crippen LogP contribution in [0.25, 0.3) is 0 Å². The summed E-state index contributed by atoms with van der Waals surface area (Å²) in [4.78, 5) is 16.6. The van der Waals surface area contributed by atoms with Gasteiger partial charge >= 0.3 is 5.69 Å². The summed E-state index contributed by atoms with van der Waals surface area (Å²) in [6.07, 6.45) is 6.34. The third-order valence-corrected chi connectivity index (χ3v) is 3.73. The number of anilines is 1. The van der Waals surface area contributed by atoms with Crippen LogP contribution in [0.3, 0.4) is 0 Å². The number of nitrogens with one attached hydrogen (secondary N) is 1. The molecular formula is C13H20N4O2. The Hall–Kier alpha value is -1.69. The van der Waals surface area contributed by atoms with Crippen LogP contribution in [0.1, 0.15) is 19.3 Å². The van der Waals surface area contributed by atoms with Crippen LogP contribution in [-0.4, -0.2) is 36.6 Å². The average molecular weight is 264 g/mol.